The summed E-state index contributed by atoms with van der Waals surface area (Å²) >= 11 is 0. The van der Waals surface area contributed by atoms with Crippen LogP contribution in [0.15, 0.2) is 60.8 Å². The van der Waals surface area contributed by atoms with E-state index in [1.807, 2.05) is 0 Å². The molecule has 1 atom stereocenters. The molecule has 0 aromatic heterocycles. The molecule has 0 heterocycles. The van der Waals surface area contributed by atoms with Crippen molar-refractivity contribution >= 4 is 17.9 Å². The van der Waals surface area contributed by atoms with E-state index in [0.29, 0.717) is 19.3 Å². The van der Waals surface area contributed by atoms with Crippen molar-refractivity contribution in [2.24, 2.45) is 0 Å². The quantitative estimate of drug-likeness (QED) is 0.0261. The molecule has 0 saturated heterocycles. The minimum atomic E-state index is -0.785. The van der Waals surface area contributed by atoms with Crippen molar-refractivity contribution in [1.82, 2.24) is 0 Å². The van der Waals surface area contributed by atoms with Crippen LogP contribution in [0.4, 0.5) is 0 Å². The number of carbonyl (C=O) groups excluding carboxylic acids is 3. The average molecular weight is 980 g/mol. The second kappa shape index (κ2) is 58.7. The van der Waals surface area contributed by atoms with Crippen molar-refractivity contribution in [3.05, 3.63) is 60.8 Å². The van der Waals surface area contributed by atoms with E-state index in [-0.39, 0.29) is 31.1 Å². The third-order valence-corrected chi connectivity index (χ3v) is 13.2. The van der Waals surface area contributed by atoms with Crippen LogP contribution in [0.2, 0.25) is 0 Å². The Morgan fingerprint density at radius 3 is 0.943 bits per heavy atom. The molecule has 6 nitrogen and oxygen atoms in total. The molecule has 70 heavy (non-hydrogen) atoms. The van der Waals surface area contributed by atoms with Crippen molar-refractivity contribution < 1.29 is 28.6 Å². The van der Waals surface area contributed by atoms with Gasteiger partial charge in [0.05, 0.1) is 0 Å². The molecule has 406 valence electrons. The van der Waals surface area contributed by atoms with Gasteiger partial charge in [-0.1, -0.05) is 255 Å². The fourth-order valence-electron chi connectivity index (χ4n) is 8.69. The molecule has 6 heteroatoms. The maximum Gasteiger partial charge on any atom is 0.306 e. The number of allylic oxidation sites excluding steroid dienone is 10. The monoisotopic (exact) mass is 979 g/mol. The normalized spacial score (nSPS) is 12.4. The Labute approximate surface area is 434 Å². The summed E-state index contributed by atoms with van der Waals surface area (Å²) in [7, 11) is 0. The molecule has 0 bridgehead atoms. The van der Waals surface area contributed by atoms with Crippen LogP contribution in [0.25, 0.3) is 0 Å². The van der Waals surface area contributed by atoms with Gasteiger partial charge >= 0.3 is 17.9 Å². The fourth-order valence-corrected chi connectivity index (χ4v) is 8.69. The standard InChI is InChI=1S/C64H114O6/c1-4-7-10-13-16-19-22-24-26-27-28-29-30-31-32-33-34-35-36-37-39-40-42-45-48-51-54-57-63(66)69-60-61(59-68-62(65)56-53-50-47-44-21-18-15-12-9-6-3)70-64(67)58-55-52-49-46-43-41-38-25-23-20-17-14-11-8-5-2/h8,11-12,15,17,20,25,27-28,38,61H,4-7,9-10,13-14,16,18-19,21-24,26,29-37,39-60H2,1-3H3/b11-8-,15-12-,20-17-,28-27-,38-25-. The predicted octanol–water partition coefficient (Wildman–Crippen LogP) is 20.4. The number of hydrogen-bond donors (Lipinski definition) is 0. The van der Waals surface area contributed by atoms with Crippen molar-refractivity contribution in [2.45, 2.75) is 316 Å². The lowest BCUT2D eigenvalue weighted by atomic mass is 10.0. The molecule has 0 aromatic carbocycles. The van der Waals surface area contributed by atoms with E-state index < -0.39 is 6.10 Å². The Morgan fingerprint density at radius 2 is 0.586 bits per heavy atom. The summed E-state index contributed by atoms with van der Waals surface area (Å²) in [4.78, 5) is 38.1. The van der Waals surface area contributed by atoms with E-state index >= 15 is 0 Å². The number of carbonyl (C=O) groups is 3. The van der Waals surface area contributed by atoms with Gasteiger partial charge in [-0.15, -0.1) is 0 Å². The van der Waals surface area contributed by atoms with Crippen molar-refractivity contribution in [2.75, 3.05) is 13.2 Å². The van der Waals surface area contributed by atoms with Gasteiger partial charge in [0.1, 0.15) is 13.2 Å². The summed E-state index contributed by atoms with van der Waals surface area (Å²) in [6, 6.07) is 0. The van der Waals surface area contributed by atoms with E-state index in [4.69, 9.17) is 14.2 Å². The minimum Gasteiger partial charge on any atom is -0.462 e. The molecule has 0 spiro atoms. The first-order chi connectivity index (χ1) is 34.5. The molecule has 0 aliphatic rings. The lowest BCUT2D eigenvalue weighted by Crippen LogP contribution is -2.30. The van der Waals surface area contributed by atoms with Crippen LogP contribution in [0.1, 0.15) is 310 Å². The third-order valence-electron chi connectivity index (χ3n) is 13.2. The van der Waals surface area contributed by atoms with E-state index in [1.54, 1.807) is 0 Å². The van der Waals surface area contributed by atoms with Crippen LogP contribution in [-0.2, 0) is 28.6 Å². The first kappa shape index (κ1) is 67.1. The molecular formula is C64H114O6. The average Bonchev–Trinajstić information content (AvgIpc) is 3.36. The lowest BCUT2D eigenvalue weighted by Gasteiger charge is -2.18. The molecular weight excluding hydrogens is 865 g/mol. The second-order valence-electron chi connectivity index (χ2n) is 20.2. The largest absolute Gasteiger partial charge is 0.462 e. The van der Waals surface area contributed by atoms with Gasteiger partial charge in [0.2, 0.25) is 0 Å². The molecule has 0 aliphatic heterocycles. The Bertz CT molecular complexity index is 1260. The second-order valence-corrected chi connectivity index (χ2v) is 20.2. The first-order valence-electron chi connectivity index (χ1n) is 30.3. The Hall–Kier alpha value is -2.89. The maximum absolute atomic E-state index is 12.8. The highest BCUT2D eigenvalue weighted by atomic mass is 16.6. The Kier molecular flexibility index (Phi) is 56.3. The van der Waals surface area contributed by atoms with Gasteiger partial charge in [-0.2, -0.15) is 0 Å². The van der Waals surface area contributed by atoms with Crippen LogP contribution in [0.5, 0.6) is 0 Å². The third kappa shape index (κ3) is 56.0. The van der Waals surface area contributed by atoms with Crippen LogP contribution >= 0.6 is 0 Å². The number of hydrogen-bond acceptors (Lipinski definition) is 6. The summed E-state index contributed by atoms with van der Waals surface area (Å²) in [5.41, 5.74) is 0. The van der Waals surface area contributed by atoms with Crippen LogP contribution in [-0.4, -0.2) is 37.2 Å². The smallest absolute Gasteiger partial charge is 0.306 e. The van der Waals surface area contributed by atoms with Gasteiger partial charge in [-0.3, -0.25) is 14.4 Å². The van der Waals surface area contributed by atoms with Crippen LogP contribution < -0.4 is 0 Å². The van der Waals surface area contributed by atoms with Crippen LogP contribution in [0, 0.1) is 0 Å². The maximum atomic E-state index is 12.8. The molecule has 0 rings (SSSR count). The van der Waals surface area contributed by atoms with Gasteiger partial charge in [-0.05, 0) is 96.3 Å². The van der Waals surface area contributed by atoms with Gasteiger partial charge in [0.15, 0.2) is 6.10 Å². The molecule has 1 unspecified atom stereocenters. The molecule has 0 fully saturated rings. The van der Waals surface area contributed by atoms with Gasteiger partial charge in [0.25, 0.3) is 0 Å². The SMILES string of the molecule is CC/C=C\C/C=C\C/C=C\CCCCCCCC(=O)OC(COC(=O)CCCCCCC/C=C\CCC)COC(=O)CCCCCCCCCCCCCCCCC/C=C\CCCCCCCCCC. The summed E-state index contributed by atoms with van der Waals surface area (Å²) in [5.74, 6) is -0.900. The highest BCUT2D eigenvalue weighted by Gasteiger charge is 2.19. The number of esters is 3. The van der Waals surface area contributed by atoms with Gasteiger partial charge in [0, 0.05) is 19.3 Å². The molecule has 0 aliphatic carbocycles. The summed E-state index contributed by atoms with van der Waals surface area (Å²) in [5, 5.41) is 0. The number of rotatable bonds is 55. The van der Waals surface area contributed by atoms with E-state index in [0.717, 1.165) is 109 Å². The zero-order valence-corrected chi connectivity index (χ0v) is 46.5. The van der Waals surface area contributed by atoms with Crippen molar-refractivity contribution in [3.8, 4) is 0 Å². The fraction of sp³-hybridized carbons (Fsp3) is 0.797. The highest BCUT2D eigenvalue weighted by molar-refractivity contribution is 5.71. The van der Waals surface area contributed by atoms with Gasteiger partial charge in [-0.25, -0.2) is 0 Å². The topological polar surface area (TPSA) is 78.9 Å². The Balaban J connectivity index is 4.17. The highest BCUT2D eigenvalue weighted by Crippen LogP contribution is 2.16. The zero-order chi connectivity index (χ0) is 50.7. The van der Waals surface area contributed by atoms with Crippen molar-refractivity contribution in [3.63, 3.8) is 0 Å². The number of ether oxygens (including phenoxy) is 3. The lowest BCUT2D eigenvalue weighted by molar-refractivity contribution is -0.167. The predicted molar refractivity (Wildman–Crippen MR) is 302 cm³/mol. The van der Waals surface area contributed by atoms with E-state index in [1.165, 1.54) is 161 Å². The van der Waals surface area contributed by atoms with E-state index in [9.17, 15) is 14.4 Å². The van der Waals surface area contributed by atoms with Gasteiger partial charge < -0.3 is 14.2 Å². The molecule has 0 aromatic rings. The number of unbranched alkanes of at least 4 members (excludes halogenated alkanes) is 34. The summed E-state index contributed by atoms with van der Waals surface area (Å²) in [6.07, 6.45) is 73.9. The first-order valence-corrected chi connectivity index (χ1v) is 30.3. The Morgan fingerprint density at radius 1 is 0.300 bits per heavy atom. The minimum absolute atomic E-state index is 0.0822. The molecule has 0 amide bonds. The molecule has 0 saturated carbocycles. The summed E-state index contributed by atoms with van der Waals surface area (Å²) in [6.45, 7) is 6.47. The zero-order valence-electron chi connectivity index (χ0n) is 46.5. The molecule has 0 radical (unpaired) electrons. The van der Waals surface area contributed by atoms with Crippen LogP contribution in [0.3, 0.4) is 0 Å². The molecule has 0 N–H and O–H groups in total. The van der Waals surface area contributed by atoms with Crippen molar-refractivity contribution in [1.29, 1.82) is 0 Å². The van der Waals surface area contributed by atoms with E-state index in [2.05, 4.69) is 81.5 Å². The summed E-state index contributed by atoms with van der Waals surface area (Å²) < 4.78 is 16.8.